The molecule has 2 aliphatic carbocycles. The fourth-order valence-electron chi connectivity index (χ4n) is 2.17. The second kappa shape index (κ2) is 1.10. The van der Waals surface area contributed by atoms with Gasteiger partial charge in [-0.3, -0.25) is 0 Å². The van der Waals surface area contributed by atoms with Gasteiger partial charge in [0.05, 0.1) is 0 Å². The number of rotatable bonds is 0. The molecular formula is C7H13N. The summed E-state index contributed by atoms with van der Waals surface area (Å²) >= 11 is 0. The molecule has 3 unspecified atom stereocenters. The lowest BCUT2D eigenvalue weighted by atomic mass is 10.1. The van der Waals surface area contributed by atoms with E-state index in [4.69, 9.17) is 5.73 Å². The molecule has 0 spiro atoms. The van der Waals surface area contributed by atoms with Crippen LogP contribution in [0.1, 0.15) is 26.2 Å². The Morgan fingerprint density at radius 3 is 2.50 bits per heavy atom. The van der Waals surface area contributed by atoms with Crippen LogP contribution in [-0.2, 0) is 0 Å². The third-order valence-electron chi connectivity index (χ3n) is 2.85. The highest BCUT2D eigenvalue weighted by Gasteiger charge is 2.55. The highest BCUT2D eigenvalue weighted by Crippen LogP contribution is 2.62. The lowest BCUT2D eigenvalue weighted by Gasteiger charge is -2.05. The van der Waals surface area contributed by atoms with Crippen LogP contribution in [0.3, 0.4) is 0 Å². The van der Waals surface area contributed by atoms with Crippen LogP contribution >= 0.6 is 0 Å². The first-order valence-corrected chi connectivity index (χ1v) is 3.46. The fraction of sp³-hybridized carbons (Fsp3) is 1.00. The van der Waals surface area contributed by atoms with Crippen LogP contribution in [0.15, 0.2) is 0 Å². The van der Waals surface area contributed by atoms with Gasteiger partial charge in [-0.1, -0.05) is 6.92 Å². The van der Waals surface area contributed by atoms with Gasteiger partial charge in [-0.2, -0.15) is 0 Å². The summed E-state index contributed by atoms with van der Waals surface area (Å²) in [6.45, 7) is 2.37. The molecule has 0 aliphatic heterocycles. The Balaban J connectivity index is 2.10. The van der Waals surface area contributed by atoms with Crippen molar-refractivity contribution in [3.63, 3.8) is 0 Å². The van der Waals surface area contributed by atoms with Crippen molar-refractivity contribution in [1.82, 2.24) is 0 Å². The Morgan fingerprint density at radius 2 is 2.25 bits per heavy atom. The molecule has 2 N–H and O–H groups in total. The van der Waals surface area contributed by atoms with Crippen molar-refractivity contribution in [3.8, 4) is 0 Å². The third-order valence-corrected chi connectivity index (χ3v) is 2.85. The standard InChI is InChI=1S/C7H13N/c1-7-3-5(7)2-6(8)4-7/h5-6H,2-4,8H2,1H3. The largest absolute Gasteiger partial charge is 0.328 e. The molecule has 2 rings (SSSR count). The Labute approximate surface area is 50.3 Å². The van der Waals surface area contributed by atoms with Gasteiger partial charge < -0.3 is 5.73 Å². The minimum Gasteiger partial charge on any atom is -0.328 e. The Kier molecular flexibility index (Phi) is 0.663. The van der Waals surface area contributed by atoms with Gasteiger partial charge in [-0.15, -0.1) is 0 Å². The summed E-state index contributed by atoms with van der Waals surface area (Å²) in [5.74, 6) is 1.01. The van der Waals surface area contributed by atoms with Gasteiger partial charge in [-0.05, 0) is 30.6 Å². The highest BCUT2D eigenvalue weighted by atomic mass is 14.7. The fourth-order valence-corrected chi connectivity index (χ4v) is 2.17. The molecule has 1 heteroatoms. The Morgan fingerprint density at radius 1 is 1.50 bits per heavy atom. The van der Waals surface area contributed by atoms with Crippen molar-refractivity contribution in [1.29, 1.82) is 0 Å². The average Bonchev–Trinajstić information content (AvgIpc) is 2.07. The zero-order chi connectivity index (χ0) is 5.78. The van der Waals surface area contributed by atoms with Gasteiger partial charge in [0.2, 0.25) is 0 Å². The van der Waals surface area contributed by atoms with Crippen LogP contribution < -0.4 is 5.73 Å². The molecule has 0 bridgehead atoms. The van der Waals surface area contributed by atoms with Crippen LogP contribution in [0.25, 0.3) is 0 Å². The summed E-state index contributed by atoms with van der Waals surface area (Å²) in [6, 6.07) is 0.541. The van der Waals surface area contributed by atoms with Crippen LogP contribution in [0, 0.1) is 11.3 Å². The van der Waals surface area contributed by atoms with Crippen LogP contribution in [0.2, 0.25) is 0 Å². The molecular weight excluding hydrogens is 98.1 g/mol. The lowest BCUT2D eigenvalue weighted by Crippen LogP contribution is -2.17. The minimum absolute atomic E-state index is 0.541. The Hall–Kier alpha value is -0.0400. The molecule has 3 atom stereocenters. The maximum absolute atomic E-state index is 5.74. The second-order valence-electron chi connectivity index (χ2n) is 3.75. The first-order valence-electron chi connectivity index (χ1n) is 3.46. The summed E-state index contributed by atoms with van der Waals surface area (Å²) in [7, 11) is 0. The number of fused-ring (bicyclic) bond motifs is 1. The number of nitrogens with two attached hydrogens (primary N) is 1. The predicted molar refractivity (Wildman–Crippen MR) is 33.4 cm³/mol. The average molecular weight is 111 g/mol. The van der Waals surface area contributed by atoms with E-state index in [9.17, 15) is 0 Å². The van der Waals surface area contributed by atoms with Gasteiger partial charge in [0.25, 0.3) is 0 Å². The lowest BCUT2D eigenvalue weighted by molar-refractivity contribution is 0.514. The van der Waals surface area contributed by atoms with Crippen molar-refractivity contribution in [2.24, 2.45) is 17.1 Å². The molecule has 0 saturated heterocycles. The van der Waals surface area contributed by atoms with E-state index in [1.807, 2.05) is 0 Å². The van der Waals surface area contributed by atoms with Crippen LogP contribution in [-0.4, -0.2) is 6.04 Å². The number of hydrogen-bond donors (Lipinski definition) is 1. The second-order valence-corrected chi connectivity index (χ2v) is 3.75. The van der Waals surface area contributed by atoms with Gasteiger partial charge in [0.15, 0.2) is 0 Å². The first-order chi connectivity index (χ1) is 3.71. The van der Waals surface area contributed by atoms with E-state index in [0.29, 0.717) is 11.5 Å². The zero-order valence-electron chi connectivity index (χ0n) is 5.35. The van der Waals surface area contributed by atoms with E-state index in [0.717, 1.165) is 5.92 Å². The molecule has 0 aromatic rings. The molecule has 2 saturated carbocycles. The molecule has 1 nitrogen and oxygen atoms in total. The SMILES string of the molecule is CC12CC(N)CC1C2. The van der Waals surface area contributed by atoms with E-state index in [1.54, 1.807) is 0 Å². The molecule has 8 heavy (non-hydrogen) atoms. The van der Waals surface area contributed by atoms with Crippen molar-refractivity contribution in [3.05, 3.63) is 0 Å². The van der Waals surface area contributed by atoms with Crippen molar-refractivity contribution < 1.29 is 0 Å². The normalized spacial score (nSPS) is 60.8. The highest BCUT2D eigenvalue weighted by molar-refractivity contribution is 5.07. The summed E-state index contributed by atoms with van der Waals surface area (Å²) in [6.07, 6.45) is 4.05. The summed E-state index contributed by atoms with van der Waals surface area (Å²) < 4.78 is 0. The van der Waals surface area contributed by atoms with E-state index >= 15 is 0 Å². The zero-order valence-corrected chi connectivity index (χ0v) is 5.35. The van der Waals surface area contributed by atoms with E-state index < -0.39 is 0 Å². The number of hydrogen-bond acceptors (Lipinski definition) is 1. The predicted octanol–water partition coefficient (Wildman–Crippen LogP) is 1.13. The molecule has 0 radical (unpaired) electrons. The summed E-state index contributed by atoms with van der Waals surface area (Å²) in [4.78, 5) is 0. The quantitative estimate of drug-likeness (QED) is 0.498. The van der Waals surface area contributed by atoms with Crippen molar-refractivity contribution in [2.45, 2.75) is 32.2 Å². The first kappa shape index (κ1) is 4.80. The van der Waals surface area contributed by atoms with Crippen LogP contribution in [0.4, 0.5) is 0 Å². The van der Waals surface area contributed by atoms with Gasteiger partial charge >= 0.3 is 0 Å². The van der Waals surface area contributed by atoms with Gasteiger partial charge in [0.1, 0.15) is 0 Å². The smallest absolute Gasteiger partial charge is 0.00469 e. The molecule has 2 fully saturated rings. The summed E-state index contributed by atoms with van der Waals surface area (Å²) in [5, 5.41) is 0. The van der Waals surface area contributed by atoms with Crippen molar-refractivity contribution >= 4 is 0 Å². The molecule has 46 valence electrons. The maximum atomic E-state index is 5.74. The summed E-state index contributed by atoms with van der Waals surface area (Å²) in [5.41, 5.74) is 6.45. The molecule has 2 aliphatic rings. The maximum Gasteiger partial charge on any atom is 0.00469 e. The Bertz CT molecular complexity index is 122. The van der Waals surface area contributed by atoms with Gasteiger partial charge in [-0.25, -0.2) is 0 Å². The minimum atomic E-state index is 0.541. The van der Waals surface area contributed by atoms with Gasteiger partial charge in [0, 0.05) is 6.04 Å². The van der Waals surface area contributed by atoms with E-state index in [2.05, 4.69) is 6.92 Å². The molecule has 0 aromatic carbocycles. The van der Waals surface area contributed by atoms with Crippen molar-refractivity contribution in [2.75, 3.05) is 0 Å². The van der Waals surface area contributed by atoms with Crippen LogP contribution in [0.5, 0.6) is 0 Å². The molecule has 0 aromatic heterocycles. The monoisotopic (exact) mass is 111 g/mol. The van der Waals surface area contributed by atoms with E-state index in [1.165, 1.54) is 19.3 Å². The molecule has 0 heterocycles. The molecule has 0 amide bonds. The topological polar surface area (TPSA) is 26.0 Å². The van der Waals surface area contributed by atoms with E-state index in [-0.39, 0.29) is 0 Å². The third kappa shape index (κ3) is 0.455.